The van der Waals surface area contributed by atoms with E-state index in [0.29, 0.717) is 74.6 Å². The first-order chi connectivity index (χ1) is 39.0. The van der Waals surface area contributed by atoms with Gasteiger partial charge in [0.25, 0.3) is 27.7 Å². The highest BCUT2D eigenvalue weighted by molar-refractivity contribution is 7.88. The molecular weight excluding hydrogens is 1050 g/mol. The lowest BCUT2D eigenvalue weighted by Gasteiger charge is -2.34. The number of carbonyl (C=O) groups is 2. The number of anilines is 5. The average Bonchev–Trinajstić information content (AvgIpc) is 4.42. The fraction of sp³-hybridized carbons (Fsp3) is 0.439. The lowest BCUT2D eigenvalue weighted by Crippen LogP contribution is -2.44. The van der Waals surface area contributed by atoms with Gasteiger partial charge < -0.3 is 36.4 Å². The highest BCUT2D eigenvalue weighted by Gasteiger charge is 2.31. The fourth-order valence-corrected chi connectivity index (χ4v) is 13.3. The Morgan fingerprint density at radius 1 is 0.605 bits per heavy atom. The van der Waals surface area contributed by atoms with Gasteiger partial charge >= 0.3 is 0 Å². The third-order valence-corrected chi connectivity index (χ3v) is 17.6. The minimum Gasteiger partial charge on any atom is -0.371 e. The minimum atomic E-state index is -4.02. The maximum atomic E-state index is 14.2. The van der Waals surface area contributed by atoms with Gasteiger partial charge in [0.1, 0.15) is 18.1 Å². The van der Waals surface area contributed by atoms with Crippen LogP contribution >= 0.6 is 0 Å². The number of nitrogens with one attached hydrogen (secondary N) is 6. The number of rotatable bonds is 18. The molecule has 13 rings (SSSR count). The zero-order valence-corrected chi connectivity index (χ0v) is 47.5. The first-order valence-electron chi connectivity index (χ1n) is 28.2. The Kier molecular flexibility index (Phi) is 13.5. The predicted octanol–water partition coefficient (Wildman–Crippen LogP) is 5.45. The average molecular weight is 1120 g/mol. The molecule has 422 valence electrons. The summed E-state index contributed by atoms with van der Waals surface area (Å²) in [6.07, 6.45) is 18.8. The van der Waals surface area contributed by atoms with Crippen LogP contribution in [0.25, 0.3) is 43.6 Å². The summed E-state index contributed by atoms with van der Waals surface area (Å²) in [5.74, 6) is -0.528. The Morgan fingerprint density at radius 3 is 1.60 bits per heavy atom. The third kappa shape index (κ3) is 11.0. The summed E-state index contributed by atoms with van der Waals surface area (Å²) < 4.78 is 40.7. The normalized spacial score (nSPS) is 17.1. The SMILES string of the molecule is CC(NS(=O)(=O)C[n+]1cc(NCc2cc(NC(=O)c3ccc(N4CCC(NC5CC5)CC4)c4cn(C)nc34)cc3cn(C)nc23)n(C)n1)c1cc(NC(=O)c2ccc(N3CCC(NC4CC4)CC3)c3cn(C)nc23)cc2cn(C)nc12. The van der Waals surface area contributed by atoms with Crippen LogP contribution in [0, 0.1) is 0 Å². The number of aryl methyl sites for hydroxylation is 5. The van der Waals surface area contributed by atoms with Gasteiger partial charge in [-0.3, -0.25) is 28.3 Å². The van der Waals surface area contributed by atoms with Crippen molar-refractivity contribution < 1.29 is 22.7 Å². The maximum absolute atomic E-state index is 14.2. The summed E-state index contributed by atoms with van der Waals surface area (Å²) in [4.78, 5) is 33.2. The van der Waals surface area contributed by atoms with E-state index in [4.69, 9.17) is 15.3 Å². The highest BCUT2D eigenvalue weighted by atomic mass is 32.2. The van der Waals surface area contributed by atoms with Crippen molar-refractivity contribution >= 4 is 94.0 Å². The van der Waals surface area contributed by atoms with Crippen molar-refractivity contribution in [1.82, 2.24) is 64.4 Å². The van der Waals surface area contributed by atoms with Crippen LogP contribution in [0.3, 0.4) is 0 Å². The van der Waals surface area contributed by atoms with Crippen LogP contribution in [0.5, 0.6) is 0 Å². The van der Waals surface area contributed by atoms with Crippen molar-refractivity contribution in [3.8, 4) is 0 Å². The molecule has 2 saturated heterocycles. The second kappa shape index (κ2) is 20.9. The van der Waals surface area contributed by atoms with Crippen molar-refractivity contribution in [2.24, 2.45) is 35.2 Å². The molecule has 81 heavy (non-hydrogen) atoms. The van der Waals surface area contributed by atoms with Crippen molar-refractivity contribution in [3.05, 3.63) is 102 Å². The predicted molar refractivity (Wildman–Crippen MR) is 313 cm³/mol. The van der Waals surface area contributed by atoms with E-state index in [1.807, 2.05) is 88.4 Å². The number of benzene rings is 4. The van der Waals surface area contributed by atoms with Gasteiger partial charge in [0.15, 0.2) is 6.20 Å². The zero-order chi connectivity index (χ0) is 55.8. The van der Waals surface area contributed by atoms with Crippen molar-refractivity contribution in [1.29, 1.82) is 0 Å². The van der Waals surface area contributed by atoms with E-state index in [1.54, 1.807) is 56.7 Å². The van der Waals surface area contributed by atoms with Crippen LogP contribution < -0.4 is 45.8 Å². The summed E-state index contributed by atoms with van der Waals surface area (Å²) in [6.45, 7) is 5.78. The van der Waals surface area contributed by atoms with Crippen molar-refractivity contribution in [2.75, 3.05) is 51.9 Å². The smallest absolute Gasteiger partial charge is 0.257 e. The van der Waals surface area contributed by atoms with Crippen LogP contribution in [0.4, 0.5) is 28.6 Å². The highest BCUT2D eigenvalue weighted by Crippen LogP contribution is 2.36. The maximum Gasteiger partial charge on any atom is 0.257 e. The van der Waals surface area contributed by atoms with E-state index in [-0.39, 0.29) is 18.4 Å². The number of hydrogen-bond donors (Lipinski definition) is 6. The molecule has 4 aromatic carbocycles. The van der Waals surface area contributed by atoms with Gasteiger partial charge in [-0.1, -0.05) is 0 Å². The summed E-state index contributed by atoms with van der Waals surface area (Å²) in [5, 5.41) is 44.1. The van der Waals surface area contributed by atoms with E-state index in [0.717, 1.165) is 95.9 Å². The number of piperidine rings is 2. The quantitative estimate of drug-likeness (QED) is 0.0586. The first-order valence-corrected chi connectivity index (χ1v) is 29.9. The molecule has 7 heterocycles. The Morgan fingerprint density at radius 2 is 1.07 bits per heavy atom. The number of sulfonamides is 1. The first kappa shape index (κ1) is 52.4. The largest absolute Gasteiger partial charge is 0.371 e. The second-order valence-corrected chi connectivity index (χ2v) is 24.6. The molecule has 2 amide bonds. The summed E-state index contributed by atoms with van der Waals surface area (Å²) in [6, 6.07) is 16.9. The molecule has 0 radical (unpaired) electrons. The van der Waals surface area contributed by atoms with Crippen molar-refractivity contribution in [3.63, 3.8) is 0 Å². The van der Waals surface area contributed by atoms with E-state index in [9.17, 15) is 18.0 Å². The molecule has 24 heteroatoms. The second-order valence-electron chi connectivity index (χ2n) is 22.9. The van der Waals surface area contributed by atoms with Crippen LogP contribution in [-0.2, 0) is 57.7 Å². The van der Waals surface area contributed by atoms with Crippen LogP contribution in [0.15, 0.2) is 79.5 Å². The Bertz CT molecular complexity index is 4020. The van der Waals surface area contributed by atoms with E-state index >= 15 is 0 Å². The molecule has 23 nitrogen and oxygen atoms in total. The molecule has 1 atom stereocenters. The zero-order valence-electron chi connectivity index (χ0n) is 46.6. The molecule has 0 spiro atoms. The van der Waals surface area contributed by atoms with Crippen LogP contribution in [-0.4, -0.2) is 120 Å². The Balaban J connectivity index is 0.674. The van der Waals surface area contributed by atoms with Gasteiger partial charge in [0.05, 0.1) is 27.4 Å². The fourth-order valence-electron chi connectivity index (χ4n) is 12.1. The Labute approximate surface area is 469 Å². The molecule has 5 aromatic heterocycles. The van der Waals surface area contributed by atoms with Gasteiger partial charge in [-0.2, -0.15) is 20.4 Å². The molecule has 1 unspecified atom stereocenters. The van der Waals surface area contributed by atoms with Gasteiger partial charge in [-0.15, -0.1) is 9.36 Å². The lowest BCUT2D eigenvalue weighted by molar-refractivity contribution is -0.737. The standard InChI is InChI=1S/C57H69N19O4S/c1-34(46-26-43(25-37-29-70(3)64-53(37)46)62-57(78)45-12-14-50(48-31-72(5)66-55(45)48)75-21-17-41(18-22-75)60-39-9-10-39)67-81(79,80)33-76-32-51(73(6)68-76)58-27-35-23-42(24-36-28-69(2)63-52(35)36)61-56(77)44-11-13-49(47-30-71(4)65-54(44)47)74-19-15-40(16-20-74)59-38-7-8-38/h11-14,23-26,28-32,34,38-41,59-60,67H,7-10,15-22,27,33H2,1-6H3,(H2-,58,61,62,68,77,78)/p+1. The van der Waals surface area contributed by atoms with Gasteiger partial charge in [0.2, 0.25) is 5.88 Å². The molecule has 2 saturated carbocycles. The molecule has 4 aliphatic rings. The number of aromatic nitrogens is 11. The summed E-state index contributed by atoms with van der Waals surface area (Å²) in [7, 11) is 5.12. The Hall–Kier alpha value is -7.93. The third-order valence-electron chi connectivity index (χ3n) is 16.3. The molecule has 0 bridgehead atoms. The topological polar surface area (TPSA) is 240 Å². The molecule has 2 aliphatic carbocycles. The summed E-state index contributed by atoms with van der Waals surface area (Å²) in [5.41, 5.74) is 8.18. The lowest BCUT2D eigenvalue weighted by atomic mass is 10.0. The van der Waals surface area contributed by atoms with E-state index < -0.39 is 21.9 Å². The van der Waals surface area contributed by atoms with Crippen LogP contribution in [0.1, 0.15) is 96.2 Å². The van der Waals surface area contributed by atoms with E-state index in [2.05, 4.69) is 51.4 Å². The van der Waals surface area contributed by atoms with Gasteiger partial charge in [-0.25, -0.2) is 13.1 Å². The number of carbonyl (C=O) groups excluding carboxylic acids is 2. The van der Waals surface area contributed by atoms with Gasteiger partial charge in [0, 0.05) is 171 Å². The molecular formula is C57H70N19O4S+. The number of hydrogen-bond acceptors (Lipinski definition) is 14. The molecule has 4 fully saturated rings. The molecule has 2 aliphatic heterocycles. The van der Waals surface area contributed by atoms with Crippen LogP contribution in [0.2, 0.25) is 0 Å². The number of fused-ring (bicyclic) bond motifs is 4. The number of nitrogens with zero attached hydrogens (tertiary/aromatic N) is 13. The van der Waals surface area contributed by atoms with Gasteiger partial charge in [-0.05, 0) is 107 Å². The van der Waals surface area contributed by atoms with E-state index in [1.165, 1.54) is 30.4 Å². The minimum absolute atomic E-state index is 0.272. The summed E-state index contributed by atoms with van der Waals surface area (Å²) >= 11 is 0. The molecule has 6 N–H and O–H groups in total. The number of amides is 2. The molecule has 9 aromatic rings. The van der Waals surface area contributed by atoms with Crippen molar-refractivity contribution in [2.45, 2.75) is 101 Å². The monoisotopic (exact) mass is 1120 g/mol.